The molecular formula is C22H27FN5O4Y-. The Morgan fingerprint density at radius 3 is 2.24 bits per heavy atom. The van der Waals surface area contributed by atoms with Crippen LogP contribution in [0.4, 0.5) is 4.39 Å². The Kier molecular flexibility index (Phi) is 10.0. The molecule has 0 bridgehead atoms. The second kappa shape index (κ2) is 12.1. The molecule has 1 aliphatic rings. The standard InChI is InChI=1S/C21H22FN4O2.CH5NO2.Y/c1-14-3-4-15(13-24-14)19-18(22)20(21(27)9-11-23-12-10-21)25-26(19)16-5-7-17(28-2)8-6-16;1-2(3)4;/h3-8,13,27H,9-12H2,1-2H3;3-4H,1H3;/q-1;;. The van der Waals surface area contributed by atoms with Crippen LogP contribution in [0.2, 0.25) is 0 Å². The molecule has 1 radical (unpaired) electrons. The van der Waals surface area contributed by atoms with Crippen LogP contribution in [0.25, 0.3) is 22.3 Å². The van der Waals surface area contributed by atoms with E-state index < -0.39 is 11.4 Å². The molecule has 1 saturated heterocycles. The summed E-state index contributed by atoms with van der Waals surface area (Å²) in [6.45, 7) is 2.86. The van der Waals surface area contributed by atoms with E-state index in [4.69, 9.17) is 15.2 Å². The van der Waals surface area contributed by atoms with Crippen LogP contribution in [0.5, 0.6) is 5.75 Å². The van der Waals surface area contributed by atoms with Gasteiger partial charge in [-0.2, -0.15) is 5.10 Å². The molecule has 0 saturated carbocycles. The molecule has 9 nitrogen and oxygen atoms in total. The normalized spacial score (nSPS) is 14.8. The van der Waals surface area contributed by atoms with Crippen molar-refractivity contribution in [2.24, 2.45) is 0 Å². The van der Waals surface area contributed by atoms with E-state index in [0.29, 0.717) is 42.9 Å². The smallest absolute Gasteiger partial charge is 0.175 e. The maximum Gasteiger partial charge on any atom is 0.175 e. The topological polar surface area (TPSA) is 118 Å². The predicted octanol–water partition coefficient (Wildman–Crippen LogP) is 3.44. The average Bonchev–Trinajstić information content (AvgIpc) is 3.12. The third kappa shape index (κ3) is 6.63. The molecule has 0 amide bonds. The van der Waals surface area contributed by atoms with Crippen molar-refractivity contribution in [3.63, 3.8) is 0 Å². The number of aromatic nitrogens is 3. The van der Waals surface area contributed by atoms with Crippen LogP contribution in [0.1, 0.15) is 24.2 Å². The number of rotatable bonds is 4. The van der Waals surface area contributed by atoms with Gasteiger partial charge in [-0.1, -0.05) is 5.23 Å². The monoisotopic (exact) mass is 533 g/mol. The summed E-state index contributed by atoms with van der Waals surface area (Å²) in [7, 11) is 2.70. The number of piperidine rings is 1. The first-order chi connectivity index (χ1) is 15.2. The number of benzene rings is 1. The number of hydroxylamine groups is 2. The first kappa shape index (κ1) is 27.5. The molecule has 0 spiro atoms. The van der Waals surface area contributed by atoms with Crippen molar-refractivity contribution in [2.45, 2.75) is 25.4 Å². The SMILES string of the molecule is CN(O)O.COc1ccc(-n2nc(C3(O)CC[N-]CC3)c(F)c2-c2ccc(C)nc2)cc1.[Y]. The van der Waals surface area contributed by atoms with E-state index in [1.165, 1.54) is 4.68 Å². The van der Waals surface area contributed by atoms with Gasteiger partial charge in [0.05, 0.1) is 12.8 Å². The molecule has 0 atom stereocenters. The minimum absolute atomic E-state index is 0. The second-order valence-electron chi connectivity index (χ2n) is 7.50. The number of hydrogen-bond acceptors (Lipinski definition) is 7. The van der Waals surface area contributed by atoms with E-state index in [0.717, 1.165) is 12.7 Å². The van der Waals surface area contributed by atoms with Gasteiger partial charge in [0.1, 0.15) is 22.7 Å². The van der Waals surface area contributed by atoms with Crippen LogP contribution >= 0.6 is 0 Å². The summed E-state index contributed by atoms with van der Waals surface area (Å²) >= 11 is 0. The predicted molar refractivity (Wildman–Crippen MR) is 116 cm³/mol. The van der Waals surface area contributed by atoms with E-state index in [1.807, 2.05) is 19.1 Å². The van der Waals surface area contributed by atoms with Gasteiger partial charge in [-0.25, -0.2) is 9.07 Å². The number of ether oxygens (including phenoxy) is 1. The van der Waals surface area contributed by atoms with Gasteiger partial charge in [-0.3, -0.25) is 15.4 Å². The van der Waals surface area contributed by atoms with E-state index in [9.17, 15) is 5.11 Å². The molecule has 11 heteroatoms. The van der Waals surface area contributed by atoms with Crippen LogP contribution in [-0.4, -0.2) is 62.8 Å². The summed E-state index contributed by atoms with van der Waals surface area (Å²) in [5, 5.41) is 34.7. The Morgan fingerprint density at radius 2 is 1.73 bits per heavy atom. The summed E-state index contributed by atoms with van der Waals surface area (Å²) in [6, 6.07) is 10.8. The van der Waals surface area contributed by atoms with Gasteiger partial charge in [-0.05, 0) is 56.2 Å². The van der Waals surface area contributed by atoms with Crippen molar-refractivity contribution in [1.29, 1.82) is 0 Å². The Bertz CT molecular complexity index is 1020. The maximum absolute atomic E-state index is 15.6. The zero-order chi connectivity index (χ0) is 23.3. The molecule has 0 aliphatic carbocycles. The fraction of sp³-hybridized carbons (Fsp3) is 0.364. The average molecular weight is 533 g/mol. The Balaban J connectivity index is 0.000000714. The minimum atomic E-state index is -1.32. The largest absolute Gasteiger partial charge is 0.662 e. The number of nitrogens with zero attached hydrogens (tertiary/aromatic N) is 5. The van der Waals surface area contributed by atoms with Gasteiger partial charge >= 0.3 is 0 Å². The van der Waals surface area contributed by atoms with Gasteiger partial charge in [0.2, 0.25) is 0 Å². The van der Waals surface area contributed by atoms with Crippen LogP contribution in [0.15, 0.2) is 42.6 Å². The fourth-order valence-electron chi connectivity index (χ4n) is 3.47. The minimum Gasteiger partial charge on any atom is -0.662 e. The number of aryl methyl sites for hydroxylation is 1. The number of pyridine rings is 1. The summed E-state index contributed by atoms with van der Waals surface area (Å²) < 4.78 is 22.4. The Morgan fingerprint density at radius 1 is 1.12 bits per heavy atom. The van der Waals surface area contributed by atoms with E-state index in [-0.39, 0.29) is 49.3 Å². The number of aliphatic hydroxyl groups is 1. The molecule has 1 fully saturated rings. The summed E-state index contributed by atoms with van der Waals surface area (Å²) in [5.74, 6) is 0.175. The second-order valence-corrected chi connectivity index (χ2v) is 7.50. The Hall–Kier alpha value is -1.79. The Labute approximate surface area is 217 Å². The van der Waals surface area contributed by atoms with Gasteiger partial charge in [0.25, 0.3) is 0 Å². The summed E-state index contributed by atoms with van der Waals surface area (Å²) in [5.41, 5.74) is 1.13. The molecule has 3 aromatic rings. The van der Waals surface area contributed by atoms with Gasteiger partial charge in [-0.15, -0.1) is 13.1 Å². The molecular weight excluding hydrogens is 506 g/mol. The molecule has 2 aromatic heterocycles. The van der Waals surface area contributed by atoms with Gasteiger partial charge in [0, 0.05) is 57.2 Å². The van der Waals surface area contributed by atoms with Crippen molar-refractivity contribution >= 4 is 0 Å². The van der Waals surface area contributed by atoms with Crippen LogP contribution in [0, 0.1) is 12.7 Å². The first-order valence-electron chi connectivity index (χ1n) is 10.1. The van der Waals surface area contributed by atoms with Crippen LogP contribution in [-0.2, 0) is 38.3 Å². The van der Waals surface area contributed by atoms with Gasteiger partial charge < -0.3 is 15.2 Å². The molecule has 175 valence electrons. The molecule has 3 N–H and O–H groups in total. The quantitative estimate of drug-likeness (QED) is 0.440. The first-order valence-corrected chi connectivity index (χ1v) is 10.1. The zero-order valence-corrected chi connectivity index (χ0v) is 21.6. The molecule has 1 aliphatic heterocycles. The van der Waals surface area contributed by atoms with Crippen molar-refractivity contribution in [3.8, 4) is 22.7 Å². The molecule has 3 heterocycles. The molecule has 33 heavy (non-hydrogen) atoms. The van der Waals surface area contributed by atoms with Crippen LogP contribution < -0.4 is 4.74 Å². The van der Waals surface area contributed by atoms with Crippen molar-refractivity contribution < 1.29 is 57.4 Å². The zero-order valence-electron chi connectivity index (χ0n) is 18.8. The molecule has 1 aromatic carbocycles. The number of hydrogen-bond donors (Lipinski definition) is 3. The van der Waals surface area contributed by atoms with Crippen molar-refractivity contribution in [2.75, 3.05) is 27.2 Å². The van der Waals surface area contributed by atoms with E-state index in [1.54, 1.807) is 37.6 Å². The van der Waals surface area contributed by atoms with E-state index in [2.05, 4.69) is 15.4 Å². The number of methoxy groups -OCH3 is 1. The summed E-state index contributed by atoms with van der Waals surface area (Å²) in [6.07, 6.45) is 2.34. The third-order valence-corrected chi connectivity index (χ3v) is 5.14. The maximum atomic E-state index is 15.6. The van der Waals surface area contributed by atoms with Crippen LogP contribution in [0.3, 0.4) is 0 Å². The third-order valence-electron chi connectivity index (χ3n) is 5.14. The molecule has 4 rings (SSSR count). The number of halogens is 1. The van der Waals surface area contributed by atoms with Crippen molar-refractivity contribution in [1.82, 2.24) is 20.0 Å². The van der Waals surface area contributed by atoms with Crippen molar-refractivity contribution in [3.05, 3.63) is 65.1 Å². The van der Waals surface area contributed by atoms with Gasteiger partial charge in [0.15, 0.2) is 5.82 Å². The fourth-order valence-corrected chi connectivity index (χ4v) is 3.47. The molecule has 0 unspecified atom stereocenters. The summed E-state index contributed by atoms with van der Waals surface area (Å²) in [4.78, 5) is 4.29. The van der Waals surface area contributed by atoms with E-state index >= 15 is 4.39 Å².